The van der Waals surface area contributed by atoms with Crippen LogP contribution in [-0.2, 0) is 29.2 Å². The lowest BCUT2D eigenvalue weighted by Gasteiger charge is -2.20. The van der Waals surface area contributed by atoms with Crippen LogP contribution in [0.4, 0.5) is 4.79 Å². The summed E-state index contributed by atoms with van der Waals surface area (Å²) in [6.07, 6.45) is -1.04. The standard InChI is InChI=1S/C28H33NO7/c30-14-16-34-18-17-33-15-13-29(28(31)32)20-25-11-12-26(35-21-23-7-3-1-4-8-23)27(19-25)36-22-24-9-5-2-6-10-24/h1-12,19,30H,13-18,20-22H2,(H,31,32). The molecule has 0 saturated heterocycles. The van der Waals surface area contributed by atoms with Gasteiger partial charge < -0.3 is 34.1 Å². The van der Waals surface area contributed by atoms with Gasteiger partial charge in [0.2, 0.25) is 0 Å². The Labute approximate surface area is 211 Å². The van der Waals surface area contributed by atoms with Crippen molar-refractivity contribution < 1.29 is 34.0 Å². The Bertz CT molecular complexity index is 1030. The maximum Gasteiger partial charge on any atom is 0.407 e. The molecule has 0 aliphatic rings. The first-order valence-electron chi connectivity index (χ1n) is 11.9. The van der Waals surface area contributed by atoms with E-state index in [0.717, 1.165) is 16.7 Å². The molecule has 3 aromatic carbocycles. The van der Waals surface area contributed by atoms with E-state index in [-0.39, 0.29) is 32.9 Å². The van der Waals surface area contributed by atoms with Gasteiger partial charge >= 0.3 is 6.09 Å². The minimum absolute atomic E-state index is 0.0417. The van der Waals surface area contributed by atoms with E-state index >= 15 is 0 Å². The highest BCUT2D eigenvalue weighted by molar-refractivity contribution is 5.65. The van der Waals surface area contributed by atoms with Crippen LogP contribution in [-0.4, -0.2) is 60.8 Å². The van der Waals surface area contributed by atoms with E-state index in [4.69, 9.17) is 24.1 Å². The lowest BCUT2D eigenvalue weighted by atomic mass is 10.2. The smallest absolute Gasteiger partial charge is 0.407 e. The third-order valence-corrected chi connectivity index (χ3v) is 5.24. The van der Waals surface area contributed by atoms with Gasteiger partial charge in [-0.25, -0.2) is 4.79 Å². The molecule has 0 aromatic heterocycles. The van der Waals surface area contributed by atoms with Crippen molar-refractivity contribution >= 4 is 6.09 Å². The minimum atomic E-state index is -1.04. The molecular weight excluding hydrogens is 462 g/mol. The van der Waals surface area contributed by atoms with Gasteiger partial charge in [-0.3, -0.25) is 0 Å². The number of carbonyl (C=O) groups is 1. The first-order chi connectivity index (χ1) is 17.7. The van der Waals surface area contributed by atoms with Gasteiger partial charge in [-0.05, 0) is 28.8 Å². The second kappa shape index (κ2) is 15.4. The molecule has 0 unspecified atom stereocenters. The van der Waals surface area contributed by atoms with E-state index in [9.17, 15) is 9.90 Å². The third-order valence-electron chi connectivity index (χ3n) is 5.24. The fraction of sp³-hybridized carbons (Fsp3) is 0.321. The van der Waals surface area contributed by atoms with Crippen molar-refractivity contribution in [3.8, 4) is 11.5 Å². The minimum Gasteiger partial charge on any atom is -0.485 e. The molecule has 0 aliphatic carbocycles. The van der Waals surface area contributed by atoms with Crippen LogP contribution >= 0.6 is 0 Å². The molecule has 0 atom stereocenters. The zero-order valence-corrected chi connectivity index (χ0v) is 20.3. The Morgan fingerprint density at radius 3 is 1.86 bits per heavy atom. The van der Waals surface area contributed by atoms with Gasteiger partial charge in [0.15, 0.2) is 11.5 Å². The molecule has 8 nitrogen and oxygen atoms in total. The number of rotatable bonds is 16. The van der Waals surface area contributed by atoms with Crippen LogP contribution < -0.4 is 9.47 Å². The number of amides is 1. The molecule has 0 fully saturated rings. The second-order valence-electron chi connectivity index (χ2n) is 7.98. The number of hydrogen-bond acceptors (Lipinski definition) is 6. The van der Waals surface area contributed by atoms with Crippen molar-refractivity contribution in [2.75, 3.05) is 39.6 Å². The topological polar surface area (TPSA) is 97.7 Å². The van der Waals surface area contributed by atoms with Crippen LogP contribution in [0.5, 0.6) is 11.5 Å². The van der Waals surface area contributed by atoms with Crippen molar-refractivity contribution in [3.05, 3.63) is 95.6 Å². The average Bonchev–Trinajstić information content (AvgIpc) is 2.91. The van der Waals surface area contributed by atoms with Gasteiger partial charge in [0.1, 0.15) is 13.2 Å². The van der Waals surface area contributed by atoms with E-state index in [2.05, 4.69) is 0 Å². The summed E-state index contributed by atoms with van der Waals surface area (Å²) in [4.78, 5) is 13.1. The summed E-state index contributed by atoms with van der Waals surface area (Å²) in [5.74, 6) is 1.14. The quantitative estimate of drug-likeness (QED) is 0.285. The van der Waals surface area contributed by atoms with Crippen LogP contribution in [0.2, 0.25) is 0 Å². The molecule has 0 saturated carbocycles. The first-order valence-corrected chi connectivity index (χ1v) is 11.9. The fourth-order valence-corrected chi connectivity index (χ4v) is 3.38. The van der Waals surface area contributed by atoms with Crippen molar-refractivity contribution in [1.82, 2.24) is 4.90 Å². The molecule has 3 aromatic rings. The highest BCUT2D eigenvalue weighted by Crippen LogP contribution is 2.30. The number of benzene rings is 3. The zero-order chi connectivity index (χ0) is 25.4. The van der Waals surface area contributed by atoms with Crippen molar-refractivity contribution in [1.29, 1.82) is 0 Å². The van der Waals surface area contributed by atoms with E-state index < -0.39 is 6.09 Å². The van der Waals surface area contributed by atoms with Crippen LogP contribution in [0.1, 0.15) is 16.7 Å². The lowest BCUT2D eigenvalue weighted by molar-refractivity contribution is 0.0264. The van der Waals surface area contributed by atoms with E-state index in [1.807, 2.05) is 78.9 Å². The largest absolute Gasteiger partial charge is 0.485 e. The van der Waals surface area contributed by atoms with Gasteiger partial charge in [0.25, 0.3) is 0 Å². The normalized spacial score (nSPS) is 10.7. The molecule has 1 amide bonds. The monoisotopic (exact) mass is 495 g/mol. The van der Waals surface area contributed by atoms with Gasteiger partial charge in [-0.1, -0.05) is 66.7 Å². The summed E-state index contributed by atoms with van der Waals surface area (Å²) in [7, 11) is 0. The summed E-state index contributed by atoms with van der Waals surface area (Å²) in [6, 6.07) is 25.1. The second-order valence-corrected chi connectivity index (χ2v) is 7.98. The van der Waals surface area contributed by atoms with E-state index in [1.165, 1.54) is 4.90 Å². The molecule has 0 bridgehead atoms. The summed E-state index contributed by atoms with van der Waals surface area (Å²) in [5.41, 5.74) is 2.83. The summed E-state index contributed by atoms with van der Waals surface area (Å²) >= 11 is 0. The zero-order valence-electron chi connectivity index (χ0n) is 20.3. The molecule has 0 heterocycles. The van der Waals surface area contributed by atoms with Crippen LogP contribution in [0, 0.1) is 0 Å². The maximum atomic E-state index is 11.8. The Hall–Kier alpha value is -3.59. The SMILES string of the molecule is O=C(O)N(CCOCCOCCO)Cc1ccc(OCc2ccccc2)c(OCc2ccccc2)c1. The van der Waals surface area contributed by atoms with Crippen molar-refractivity contribution in [3.63, 3.8) is 0 Å². The lowest BCUT2D eigenvalue weighted by Crippen LogP contribution is -2.32. The van der Waals surface area contributed by atoms with Gasteiger partial charge in [-0.2, -0.15) is 0 Å². The highest BCUT2D eigenvalue weighted by atomic mass is 16.5. The summed E-state index contributed by atoms with van der Waals surface area (Å²) in [5, 5.41) is 18.4. The van der Waals surface area contributed by atoms with E-state index in [1.54, 1.807) is 0 Å². The predicted octanol–water partition coefficient (Wildman–Crippen LogP) is 4.35. The summed E-state index contributed by atoms with van der Waals surface area (Å²) < 4.78 is 22.7. The van der Waals surface area contributed by atoms with Gasteiger partial charge in [-0.15, -0.1) is 0 Å². The Kier molecular flexibility index (Phi) is 11.6. The summed E-state index contributed by atoms with van der Waals surface area (Å²) in [6.45, 7) is 2.28. The number of carboxylic acid groups (broad SMARTS) is 1. The molecular formula is C28H33NO7. The number of nitrogens with zero attached hydrogens (tertiary/aromatic N) is 1. The number of ether oxygens (including phenoxy) is 4. The van der Waals surface area contributed by atoms with Crippen LogP contribution in [0.25, 0.3) is 0 Å². The average molecular weight is 496 g/mol. The molecule has 0 aliphatic heterocycles. The molecule has 3 rings (SSSR count). The molecule has 36 heavy (non-hydrogen) atoms. The molecule has 0 spiro atoms. The van der Waals surface area contributed by atoms with Crippen molar-refractivity contribution in [2.24, 2.45) is 0 Å². The number of aliphatic hydroxyl groups is 1. The fourth-order valence-electron chi connectivity index (χ4n) is 3.38. The number of aliphatic hydroxyl groups excluding tert-OH is 1. The Morgan fingerprint density at radius 2 is 1.28 bits per heavy atom. The Morgan fingerprint density at radius 1 is 0.694 bits per heavy atom. The highest BCUT2D eigenvalue weighted by Gasteiger charge is 2.15. The first kappa shape index (κ1) is 27.0. The molecule has 2 N–H and O–H groups in total. The van der Waals surface area contributed by atoms with E-state index in [0.29, 0.717) is 37.9 Å². The molecule has 0 radical (unpaired) electrons. The predicted molar refractivity (Wildman–Crippen MR) is 135 cm³/mol. The van der Waals surface area contributed by atoms with Crippen LogP contribution in [0.15, 0.2) is 78.9 Å². The number of hydrogen-bond donors (Lipinski definition) is 2. The van der Waals surface area contributed by atoms with Gasteiger partial charge in [0, 0.05) is 13.1 Å². The van der Waals surface area contributed by atoms with Crippen LogP contribution in [0.3, 0.4) is 0 Å². The van der Waals surface area contributed by atoms with Gasteiger partial charge in [0.05, 0.1) is 33.0 Å². The molecule has 192 valence electrons. The third kappa shape index (κ3) is 9.58. The maximum absolute atomic E-state index is 11.8. The Balaban J connectivity index is 1.64. The molecule has 8 heteroatoms. The van der Waals surface area contributed by atoms with Crippen molar-refractivity contribution in [2.45, 2.75) is 19.8 Å².